The van der Waals surface area contributed by atoms with E-state index in [1.165, 1.54) is 13.2 Å². The summed E-state index contributed by atoms with van der Waals surface area (Å²) in [7, 11) is 1.49. The van der Waals surface area contributed by atoms with Gasteiger partial charge >= 0.3 is 0 Å². The minimum absolute atomic E-state index is 0.0972. The van der Waals surface area contributed by atoms with E-state index in [2.05, 4.69) is 0 Å². The Morgan fingerprint density at radius 2 is 2.14 bits per heavy atom. The second kappa shape index (κ2) is 4.86. The SMILES string of the molecule is CCCC(O)c1ccc(O)c(OC)c1. The van der Waals surface area contributed by atoms with Crippen LogP contribution < -0.4 is 4.74 Å². The molecule has 1 unspecified atom stereocenters. The highest BCUT2D eigenvalue weighted by Crippen LogP contribution is 2.30. The molecule has 1 rings (SSSR count). The number of methoxy groups -OCH3 is 1. The summed E-state index contributed by atoms with van der Waals surface area (Å²) < 4.78 is 4.95. The van der Waals surface area contributed by atoms with E-state index in [1.807, 2.05) is 6.92 Å². The van der Waals surface area contributed by atoms with Crippen molar-refractivity contribution in [3.63, 3.8) is 0 Å². The van der Waals surface area contributed by atoms with E-state index in [1.54, 1.807) is 12.1 Å². The summed E-state index contributed by atoms with van der Waals surface area (Å²) in [5.74, 6) is 0.498. The van der Waals surface area contributed by atoms with Crippen LogP contribution in [0.2, 0.25) is 0 Å². The van der Waals surface area contributed by atoms with Crippen LogP contribution in [0, 0.1) is 0 Å². The van der Waals surface area contributed by atoms with Gasteiger partial charge in [0.15, 0.2) is 11.5 Å². The van der Waals surface area contributed by atoms with Gasteiger partial charge in [-0.2, -0.15) is 0 Å². The lowest BCUT2D eigenvalue weighted by atomic mass is 10.0. The molecule has 0 amide bonds. The second-order valence-electron chi connectivity index (χ2n) is 3.24. The summed E-state index contributed by atoms with van der Waals surface area (Å²) in [6, 6.07) is 4.90. The Kier molecular flexibility index (Phi) is 3.77. The van der Waals surface area contributed by atoms with Crippen molar-refractivity contribution in [3.05, 3.63) is 23.8 Å². The third kappa shape index (κ3) is 2.39. The van der Waals surface area contributed by atoms with Gasteiger partial charge in [-0.05, 0) is 24.1 Å². The van der Waals surface area contributed by atoms with Gasteiger partial charge in [-0.3, -0.25) is 0 Å². The number of aromatic hydroxyl groups is 1. The average molecular weight is 196 g/mol. The highest BCUT2D eigenvalue weighted by atomic mass is 16.5. The quantitative estimate of drug-likeness (QED) is 0.776. The molecule has 0 radical (unpaired) electrons. The van der Waals surface area contributed by atoms with Gasteiger partial charge in [0.05, 0.1) is 13.2 Å². The first-order valence-electron chi connectivity index (χ1n) is 4.74. The highest BCUT2D eigenvalue weighted by Gasteiger charge is 2.09. The normalized spacial score (nSPS) is 12.5. The molecule has 1 aromatic rings. The minimum Gasteiger partial charge on any atom is -0.504 e. The molecule has 0 spiro atoms. The van der Waals surface area contributed by atoms with Crippen molar-refractivity contribution < 1.29 is 14.9 Å². The van der Waals surface area contributed by atoms with Crippen molar-refractivity contribution >= 4 is 0 Å². The number of aliphatic hydroxyl groups is 1. The first kappa shape index (κ1) is 10.9. The van der Waals surface area contributed by atoms with E-state index in [-0.39, 0.29) is 5.75 Å². The second-order valence-corrected chi connectivity index (χ2v) is 3.24. The predicted octanol–water partition coefficient (Wildman–Crippen LogP) is 2.23. The molecule has 1 aromatic carbocycles. The van der Waals surface area contributed by atoms with E-state index in [4.69, 9.17) is 4.74 Å². The van der Waals surface area contributed by atoms with Crippen LogP contribution in [-0.4, -0.2) is 17.3 Å². The summed E-state index contributed by atoms with van der Waals surface area (Å²) in [5.41, 5.74) is 0.779. The van der Waals surface area contributed by atoms with Gasteiger partial charge in [-0.15, -0.1) is 0 Å². The van der Waals surface area contributed by atoms with Gasteiger partial charge in [-0.25, -0.2) is 0 Å². The van der Waals surface area contributed by atoms with Crippen molar-refractivity contribution in [2.45, 2.75) is 25.9 Å². The van der Waals surface area contributed by atoms with Gasteiger partial charge in [0, 0.05) is 0 Å². The zero-order chi connectivity index (χ0) is 10.6. The third-order valence-electron chi connectivity index (χ3n) is 2.15. The maximum absolute atomic E-state index is 9.69. The van der Waals surface area contributed by atoms with Crippen LogP contribution in [0.5, 0.6) is 11.5 Å². The Labute approximate surface area is 84.0 Å². The molecule has 0 aliphatic heterocycles. The number of ether oxygens (including phenoxy) is 1. The number of phenolic OH excluding ortho intramolecular Hbond substituents is 1. The van der Waals surface area contributed by atoms with E-state index in [9.17, 15) is 10.2 Å². The molecule has 0 aromatic heterocycles. The fourth-order valence-electron chi connectivity index (χ4n) is 1.34. The van der Waals surface area contributed by atoms with E-state index < -0.39 is 6.10 Å². The summed E-state index contributed by atoms with van der Waals surface area (Å²) in [6.07, 6.45) is 1.16. The maximum atomic E-state index is 9.69. The first-order chi connectivity index (χ1) is 6.69. The summed E-state index contributed by atoms with van der Waals surface area (Å²) >= 11 is 0. The molecular formula is C11H16O3. The smallest absolute Gasteiger partial charge is 0.160 e. The average Bonchev–Trinajstić information content (AvgIpc) is 2.19. The number of benzene rings is 1. The van der Waals surface area contributed by atoms with Crippen molar-refractivity contribution in [2.75, 3.05) is 7.11 Å². The number of hydrogen-bond donors (Lipinski definition) is 2. The topological polar surface area (TPSA) is 49.7 Å². The Morgan fingerprint density at radius 1 is 1.43 bits per heavy atom. The standard InChI is InChI=1S/C11H16O3/c1-3-4-9(12)8-5-6-10(13)11(7-8)14-2/h5-7,9,12-13H,3-4H2,1-2H3. The van der Waals surface area contributed by atoms with Crippen molar-refractivity contribution in [2.24, 2.45) is 0 Å². The highest BCUT2D eigenvalue weighted by molar-refractivity contribution is 5.42. The van der Waals surface area contributed by atoms with Crippen LogP contribution in [-0.2, 0) is 0 Å². The maximum Gasteiger partial charge on any atom is 0.160 e. The zero-order valence-corrected chi connectivity index (χ0v) is 8.53. The molecule has 0 saturated carbocycles. The van der Waals surface area contributed by atoms with Gasteiger partial charge in [0.2, 0.25) is 0 Å². The molecule has 78 valence electrons. The van der Waals surface area contributed by atoms with Crippen molar-refractivity contribution in [1.82, 2.24) is 0 Å². The zero-order valence-electron chi connectivity index (χ0n) is 8.53. The minimum atomic E-state index is -0.477. The molecule has 0 bridgehead atoms. The Morgan fingerprint density at radius 3 is 2.71 bits per heavy atom. The summed E-state index contributed by atoms with van der Waals surface area (Å²) in [4.78, 5) is 0. The fourth-order valence-corrected chi connectivity index (χ4v) is 1.34. The number of phenols is 1. The lowest BCUT2D eigenvalue weighted by Crippen LogP contribution is -1.97. The Bertz CT molecular complexity index is 297. The molecule has 0 heterocycles. The summed E-state index contributed by atoms with van der Waals surface area (Å²) in [5, 5.41) is 19.0. The molecular weight excluding hydrogens is 180 g/mol. The van der Waals surface area contributed by atoms with Crippen LogP contribution in [0.15, 0.2) is 18.2 Å². The first-order valence-corrected chi connectivity index (χ1v) is 4.74. The molecule has 0 fully saturated rings. The van der Waals surface area contributed by atoms with Crippen molar-refractivity contribution in [1.29, 1.82) is 0 Å². The van der Waals surface area contributed by atoms with Crippen LogP contribution >= 0.6 is 0 Å². The molecule has 0 aliphatic carbocycles. The molecule has 14 heavy (non-hydrogen) atoms. The van der Waals surface area contributed by atoms with Crippen molar-refractivity contribution in [3.8, 4) is 11.5 Å². The predicted molar refractivity (Wildman–Crippen MR) is 54.5 cm³/mol. The monoisotopic (exact) mass is 196 g/mol. The molecule has 3 nitrogen and oxygen atoms in total. The summed E-state index contributed by atoms with van der Waals surface area (Å²) in [6.45, 7) is 2.01. The molecule has 0 saturated heterocycles. The van der Waals surface area contributed by atoms with Gasteiger partial charge in [-0.1, -0.05) is 19.4 Å². The molecule has 3 heteroatoms. The lowest BCUT2D eigenvalue weighted by molar-refractivity contribution is 0.166. The molecule has 0 aliphatic rings. The van der Waals surface area contributed by atoms with Gasteiger partial charge < -0.3 is 14.9 Å². The molecule has 1 atom stereocenters. The van der Waals surface area contributed by atoms with Gasteiger partial charge in [0.25, 0.3) is 0 Å². The number of rotatable bonds is 4. The largest absolute Gasteiger partial charge is 0.504 e. The Hall–Kier alpha value is -1.22. The van der Waals surface area contributed by atoms with Gasteiger partial charge in [0.1, 0.15) is 0 Å². The lowest BCUT2D eigenvalue weighted by Gasteiger charge is -2.11. The van der Waals surface area contributed by atoms with Crippen LogP contribution in [0.4, 0.5) is 0 Å². The van der Waals surface area contributed by atoms with E-state index in [0.717, 1.165) is 12.0 Å². The van der Waals surface area contributed by atoms with Crippen LogP contribution in [0.3, 0.4) is 0 Å². The number of hydrogen-bond acceptors (Lipinski definition) is 3. The van der Waals surface area contributed by atoms with E-state index in [0.29, 0.717) is 12.2 Å². The Balaban J connectivity index is 2.88. The van der Waals surface area contributed by atoms with Crippen LogP contribution in [0.1, 0.15) is 31.4 Å². The van der Waals surface area contributed by atoms with Crippen LogP contribution in [0.25, 0.3) is 0 Å². The molecule has 2 N–H and O–H groups in total. The fraction of sp³-hybridized carbons (Fsp3) is 0.455. The third-order valence-corrected chi connectivity index (χ3v) is 2.15. The number of aliphatic hydroxyl groups excluding tert-OH is 1. The van der Waals surface area contributed by atoms with E-state index >= 15 is 0 Å².